The van der Waals surface area contributed by atoms with Crippen LogP contribution in [0, 0.1) is 0 Å². The van der Waals surface area contributed by atoms with Gasteiger partial charge in [-0.25, -0.2) is 10.4 Å². The Labute approximate surface area is 152 Å². The van der Waals surface area contributed by atoms with E-state index in [1.54, 1.807) is 13.3 Å². The van der Waals surface area contributed by atoms with Crippen molar-refractivity contribution in [3.8, 4) is 17.0 Å². The molecule has 0 saturated heterocycles. The number of halogens is 1. The minimum Gasteiger partial charge on any atom is -0.496 e. The summed E-state index contributed by atoms with van der Waals surface area (Å²) in [5, 5.41) is 4.13. The predicted molar refractivity (Wildman–Crippen MR) is 102 cm³/mol. The number of aromatic amines is 1. The maximum Gasteiger partial charge on any atom is 0.252 e. The van der Waals surface area contributed by atoms with Gasteiger partial charge < -0.3 is 4.74 Å². The zero-order valence-corrected chi connectivity index (χ0v) is 14.9. The molecule has 126 valence electrons. The van der Waals surface area contributed by atoms with E-state index < -0.39 is 0 Å². The molecule has 0 spiro atoms. The molecule has 7 heteroatoms. The van der Waals surface area contributed by atoms with Crippen molar-refractivity contribution < 1.29 is 4.74 Å². The van der Waals surface area contributed by atoms with Crippen molar-refractivity contribution in [3.05, 3.63) is 75.0 Å². The van der Waals surface area contributed by atoms with Crippen LogP contribution in [0.25, 0.3) is 11.3 Å². The third kappa shape index (κ3) is 4.33. The first-order chi connectivity index (χ1) is 12.2. The summed E-state index contributed by atoms with van der Waals surface area (Å²) in [6.07, 6.45) is 1.60. The first-order valence-electron chi connectivity index (χ1n) is 7.45. The van der Waals surface area contributed by atoms with Crippen molar-refractivity contribution in [1.82, 2.24) is 9.97 Å². The fourth-order valence-corrected chi connectivity index (χ4v) is 2.62. The summed E-state index contributed by atoms with van der Waals surface area (Å²) in [4.78, 5) is 18.8. The Morgan fingerprint density at radius 1 is 1.20 bits per heavy atom. The Morgan fingerprint density at radius 2 is 2.00 bits per heavy atom. The van der Waals surface area contributed by atoms with Crippen molar-refractivity contribution in [2.24, 2.45) is 5.10 Å². The molecule has 0 radical (unpaired) electrons. The second-order valence-corrected chi connectivity index (χ2v) is 6.02. The molecule has 3 aromatic rings. The third-order valence-electron chi connectivity index (χ3n) is 3.38. The van der Waals surface area contributed by atoms with Gasteiger partial charge in [0.2, 0.25) is 5.95 Å². The number of hydrogen-bond acceptors (Lipinski definition) is 5. The highest BCUT2D eigenvalue weighted by molar-refractivity contribution is 9.10. The number of nitrogens with one attached hydrogen (secondary N) is 2. The lowest BCUT2D eigenvalue weighted by molar-refractivity contribution is 0.414. The van der Waals surface area contributed by atoms with E-state index in [1.165, 1.54) is 6.07 Å². The quantitative estimate of drug-likeness (QED) is 0.507. The average Bonchev–Trinajstić information content (AvgIpc) is 2.62. The molecule has 0 fully saturated rings. The van der Waals surface area contributed by atoms with Gasteiger partial charge in [0.25, 0.3) is 5.56 Å². The van der Waals surface area contributed by atoms with Gasteiger partial charge in [0, 0.05) is 21.7 Å². The lowest BCUT2D eigenvalue weighted by Gasteiger charge is -2.05. The van der Waals surface area contributed by atoms with E-state index in [0.717, 1.165) is 15.6 Å². The summed E-state index contributed by atoms with van der Waals surface area (Å²) in [5.74, 6) is 0.949. The van der Waals surface area contributed by atoms with Crippen LogP contribution in [0.4, 0.5) is 5.95 Å². The minimum atomic E-state index is -0.258. The smallest absolute Gasteiger partial charge is 0.252 e. The molecule has 2 aromatic carbocycles. The molecule has 2 N–H and O–H groups in total. The summed E-state index contributed by atoms with van der Waals surface area (Å²) < 4.78 is 6.20. The predicted octanol–water partition coefficient (Wildman–Crippen LogP) is 3.65. The molecule has 0 aliphatic heterocycles. The first-order valence-corrected chi connectivity index (χ1v) is 8.24. The Morgan fingerprint density at radius 3 is 2.76 bits per heavy atom. The van der Waals surface area contributed by atoms with Crippen LogP contribution >= 0.6 is 15.9 Å². The molecular weight excluding hydrogens is 384 g/mol. The number of hydrazone groups is 1. The molecular formula is C18H15BrN4O2. The normalized spacial score (nSPS) is 10.8. The number of H-pyrrole nitrogens is 1. The van der Waals surface area contributed by atoms with Gasteiger partial charge in [-0.2, -0.15) is 5.10 Å². The molecule has 1 aromatic heterocycles. The first kappa shape index (κ1) is 16.9. The number of nitrogens with zero attached hydrogens (tertiary/aromatic N) is 2. The Balaban J connectivity index is 1.83. The van der Waals surface area contributed by atoms with E-state index in [1.807, 2.05) is 48.5 Å². The number of aromatic nitrogens is 2. The summed E-state index contributed by atoms with van der Waals surface area (Å²) in [5.41, 5.74) is 4.70. The van der Waals surface area contributed by atoms with Crippen molar-refractivity contribution in [2.45, 2.75) is 0 Å². The topological polar surface area (TPSA) is 79.4 Å². The van der Waals surface area contributed by atoms with Crippen molar-refractivity contribution in [3.63, 3.8) is 0 Å². The Kier molecular flexibility index (Phi) is 5.25. The van der Waals surface area contributed by atoms with Crippen LogP contribution in [-0.4, -0.2) is 23.3 Å². The molecule has 0 bridgehead atoms. The van der Waals surface area contributed by atoms with Gasteiger partial charge in [-0.1, -0.05) is 46.3 Å². The highest BCUT2D eigenvalue weighted by Gasteiger charge is 2.04. The van der Waals surface area contributed by atoms with Crippen LogP contribution in [0.5, 0.6) is 5.75 Å². The van der Waals surface area contributed by atoms with Gasteiger partial charge >= 0.3 is 0 Å². The maximum absolute atomic E-state index is 11.8. The number of rotatable bonds is 5. The van der Waals surface area contributed by atoms with E-state index in [-0.39, 0.29) is 11.5 Å². The van der Waals surface area contributed by atoms with Crippen molar-refractivity contribution >= 4 is 28.1 Å². The Bertz CT molecular complexity index is 955. The molecule has 25 heavy (non-hydrogen) atoms. The second kappa shape index (κ2) is 7.76. The van der Waals surface area contributed by atoms with Gasteiger partial charge in [-0.3, -0.25) is 9.78 Å². The zero-order chi connectivity index (χ0) is 17.6. The number of anilines is 1. The highest BCUT2D eigenvalue weighted by atomic mass is 79.9. The largest absolute Gasteiger partial charge is 0.496 e. The molecule has 3 rings (SSSR count). The minimum absolute atomic E-state index is 0.258. The molecule has 0 saturated carbocycles. The summed E-state index contributed by atoms with van der Waals surface area (Å²) in [6, 6.07) is 16.5. The summed E-state index contributed by atoms with van der Waals surface area (Å²) in [6.45, 7) is 0. The van der Waals surface area contributed by atoms with Crippen LogP contribution in [-0.2, 0) is 0 Å². The molecule has 1 heterocycles. The van der Waals surface area contributed by atoms with E-state index in [4.69, 9.17) is 4.74 Å². The molecule has 0 aliphatic carbocycles. The van der Waals surface area contributed by atoms with E-state index >= 15 is 0 Å². The number of benzene rings is 2. The SMILES string of the molecule is COc1ccc(Br)cc1/C=N\Nc1nc(-c2ccccc2)cc(=O)[nH]1. The summed E-state index contributed by atoms with van der Waals surface area (Å²) >= 11 is 3.41. The zero-order valence-electron chi connectivity index (χ0n) is 13.4. The van der Waals surface area contributed by atoms with Crippen LogP contribution < -0.4 is 15.7 Å². The van der Waals surface area contributed by atoms with E-state index in [2.05, 4.69) is 36.4 Å². The fourth-order valence-electron chi connectivity index (χ4n) is 2.24. The number of hydrogen-bond donors (Lipinski definition) is 2. The van der Waals surface area contributed by atoms with E-state index in [0.29, 0.717) is 11.4 Å². The summed E-state index contributed by atoms with van der Waals surface area (Å²) in [7, 11) is 1.59. The number of methoxy groups -OCH3 is 1. The van der Waals surface area contributed by atoms with Crippen molar-refractivity contribution in [1.29, 1.82) is 0 Å². The maximum atomic E-state index is 11.8. The Hall–Kier alpha value is -2.93. The molecule has 0 atom stereocenters. The molecule has 0 unspecified atom stereocenters. The molecule has 0 amide bonds. The van der Waals surface area contributed by atoms with Gasteiger partial charge in [-0.05, 0) is 18.2 Å². The fraction of sp³-hybridized carbons (Fsp3) is 0.0556. The lowest BCUT2D eigenvalue weighted by atomic mass is 10.1. The van der Waals surface area contributed by atoms with Gasteiger partial charge in [0.05, 0.1) is 19.0 Å². The molecule has 6 nitrogen and oxygen atoms in total. The van der Waals surface area contributed by atoms with Crippen LogP contribution in [0.2, 0.25) is 0 Å². The monoisotopic (exact) mass is 398 g/mol. The third-order valence-corrected chi connectivity index (χ3v) is 3.87. The highest BCUT2D eigenvalue weighted by Crippen LogP contribution is 2.21. The number of ether oxygens (including phenoxy) is 1. The molecule has 0 aliphatic rings. The van der Waals surface area contributed by atoms with Crippen LogP contribution in [0.1, 0.15) is 5.56 Å². The van der Waals surface area contributed by atoms with Crippen LogP contribution in [0.15, 0.2) is 69.0 Å². The van der Waals surface area contributed by atoms with Gasteiger partial charge in [0.15, 0.2) is 0 Å². The van der Waals surface area contributed by atoms with E-state index in [9.17, 15) is 4.79 Å². The van der Waals surface area contributed by atoms with Gasteiger partial charge in [0.1, 0.15) is 5.75 Å². The second-order valence-electron chi connectivity index (χ2n) is 5.10. The average molecular weight is 399 g/mol. The van der Waals surface area contributed by atoms with Gasteiger partial charge in [-0.15, -0.1) is 0 Å². The lowest BCUT2D eigenvalue weighted by Crippen LogP contribution is -2.10. The standard InChI is InChI=1S/C18H15BrN4O2/c1-25-16-8-7-14(19)9-13(16)11-20-23-18-21-15(10-17(24)22-18)12-5-3-2-4-6-12/h2-11H,1H3,(H2,21,22,23,24)/b20-11-. The van der Waals surface area contributed by atoms with Crippen LogP contribution in [0.3, 0.4) is 0 Å². The van der Waals surface area contributed by atoms with Crippen molar-refractivity contribution in [2.75, 3.05) is 12.5 Å².